The minimum Gasteiger partial charge on any atom is -0.381 e. The minimum atomic E-state index is 0.543. The van der Waals surface area contributed by atoms with E-state index in [9.17, 15) is 0 Å². The Balaban J connectivity index is 1.89. The van der Waals surface area contributed by atoms with Gasteiger partial charge in [0.2, 0.25) is 0 Å². The molecule has 0 aromatic carbocycles. The number of nitrogens with zero attached hydrogens (tertiary/aromatic N) is 1. The van der Waals surface area contributed by atoms with Crippen LogP contribution in [-0.4, -0.2) is 45.5 Å². The van der Waals surface area contributed by atoms with Crippen molar-refractivity contribution in [1.29, 1.82) is 0 Å². The maximum Gasteiger partial charge on any atom is 0.188 e. The molecule has 5 nitrogen and oxygen atoms in total. The Bertz CT molecular complexity index is 228. The molecule has 18 heavy (non-hydrogen) atoms. The van der Waals surface area contributed by atoms with E-state index in [-0.39, 0.29) is 0 Å². The van der Waals surface area contributed by atoms with Gasteiger partial charge in [0.15, 0.2) is 5.96 Å². The van der Waals surface area contributed by atoms with Crippen molar-refractivity contribution >= 4 is 5.96 Å². The molecule has 0 amide bonds. The zero-order chi connectivity index (χ0) is 13.1. The molecule has 0 aromatic rings. The van der Waals surface area contributed by atoms with Crippen LogP contribution in [0.2, 0.25) is 0 Å². The molecule has 0 spiro atoms. The fraction of sp³-hybridized carbons (Fsp3) is 0.923. The van der Waals surface area contributed by atoms with Crippen LogP contribution in [0.4, 0.5) is 0 Å². The Morgan fingerprint density at radius 1 is 1.44 bits per heavy atom. The highest BCUT2D eigenvalue weighted by molar-refractivity contribution is 5.77. The number of hydrogen-bond donors (Lipinski definition) is 2. The second kappa shape index (κ2) is 10.1. The number of nitrogens with one attached hydrogen (secondary N) is 1. The average molecular weight is 257 g/mol. The summed E-state index contributed by atoms with van der Waals surface area (Å²) in [5.41, 5.74) is 5.68. The molecule has 0 aliphatic carbocycles. The third-order valence-corrected chi connectivity index (χ3v) is 2.97. The lowest BCUT2D eigenvalue weighted by atomic mass is 10.0. The van der Waals surface area contributed by atoms with Crippen LogP contribution in [0, 0.1) is 5.92 Å². The number of nitrogens with two attached hydrogens (primary N) is 1. The van der Waals surface area contributed by atoms with Gasteiger partial charge in [0.1, 0.15) is 0 Å². The number of aliphatic imine (C=N–C) groups is 1. The van der Waals surface area contributed by atoms with E-state index in [0.29, 0.717) is 11.9 Å². The molecule has 106 valence electrons. The van der Waals surface area contributed by atoms with Crippen LogP contribution < -0.4 is 11.1 Å². The Kier molecular flexibility index (Phi) is 8.59. The van der Waals surface area contributed by atoms with Crippen LogP contribution >= 0.6 is 0 Å². The topological polar surface area (TPSA) is 68.9 Å². The molecule has 5 heteroatoms. The van der Waals surface area contributed by atoms with E-state index in [4.69, 9.17) is 15.2 Å². The van der Waals surface area contributed by atoms with Crippen molar-refractivity contribution in [3.05, 3.63) is 0 Å². The SMILES string of the molecule is CCCN=C(N)NCCCOCC1CCOCC1. The number of ether oxygens (including phenoxy) is 2. The molecule has 0 atom stereocenters. The zero-order valence-electron chi connectivity index (χ0n) is 11.5. The number of rotatable bonds is 8. The van der Waals surface area contributed by atoms with Gasteiger partial charge in [-0.2, -0.15) is 0 Å². The maximum absolute atomic E-state index is 5.68. The fourth-order valence-electron chi connectivity index (χ4n) is 1.84. The predicted molar refractivity (Wildman–Crippen MR) is 73.8 cm³/mol. The highest BCUT2D eigenvalue weighted by Gasteiger charge is 2.13. The van der Waals surface area contributed by atoms with Crippen molar-refractivity contribution in [2.24, 2.45) is 16.6 Å². The van der Waals surface area contributed by atoms with Crippen molar-refractivity contribution in [3.8, 4) is 0 Å². The normalized spacial score (nSPS) is 17.9. The van der Waals surface area contributed by atoms with Crippen LogP contribution in [0.25, 0.3) is 0 Å². The van der Waals surface area contributed by atoms with Gasteiger partial charge in [0, 0.05) is 39.5 Å². The summed E-state index contributed by atoms with van der Waals surface area (Å²) in [7, 11) is 0. The molecular weight excluding hydrogens is 230 g/mol. The van der Waals surface area contributed by atoms with Gasteiger partial charge in [0.05, 0.1) is 0 Å². The summed E-state index contributed by atoms with van der Waals surface area (Å²) in [6, 6.07) is 0. The molecule has 0 radical (unpaired) electrons. The maximum atomic E-state index is 5.68. The molecule has 0 unspecified atom stereocenters. The van der Waals surface area contributed by atoms with E-state index in [1.54, 1.807) is 0 Å². The Morgan fingerprint density at radius 2 is 2.22 bits per heavy atom. The Hall–Kier alpha value is -0.810. The minimum absolute atomic E-state index is 0.543. The molecule has 1 fully saturated rings. The quantitative estimate of drug-likeness (QED) is 0.388. The molecule has 1 rings (SSSR count). The van der Waals surface area contributed by atoms with Gasteiger partial charge in [-0.1, -0.05) is 6.92 Å². The molecular formula is C13H27N3O2. The largest absolute Gasteiger partial charge is 0.381 e. The lowest BCUT2D eigenvalue weighted by Crippen LogP contribution is -2.33. The first-order valence-electron chi connectivity index (χ1n) is 7.02. The van der Waals surface area contributed by atoms with E-state index in [1.165, 1.54) is 0 Å². The molecule has 0 bridgehead atoms. The summed E-state index contributed by atoms with van der Waals surface area (Å²) in [6.07, 6.45) is 4.26. The summed E-state index contributed by atoms with van der Waals surface area (Å²) in [6.45, 7) is 7.13. The zero-order valence-corrected chi connectivity index (χ0v) is 11.5. The number of hydrogen-bond acceptors (Lipinski definition) is 3. The lowest BCUT2D eigenvalue weighted by molar-refractivity contribution is 0.0203. The summed E-state index contributed by atoms with van der Waals surface area (Å²) in [5, 5.41) is 3.08. The number of guanidine groups is 1. The third kappa shape index (κ3) is 7.50. The van der Waals surface area contributed by atoms with Gasteiger partial charge in [-0.3, -0.25) is 4.99 Å². The average Bonchev–Trinajstić information content (AvgIpc) is 2.41. The van der Waals surface area contributed by atoms with Gasteiger partial charge in [-0.15, -0.1) is 0 Å². The molecule has 3 N–H and O–H groups in total. The van der Waals surface area contributed by atoms with Crippen molar-refractivity contribution in [3.63, 3.8) is 0 Å². The first-order chi connectivity index (χ1) is 8.83. The molecule has 1 aliphatic rings. The first kappa shape index (κ1) is 15.2. The predicted octanol–water partition coefficient (Wildman–Crippen LogP) is 1.13. The standard InChI is InChI=1S/C13H27N3O2/c1-2-6-15-13(14)16-7-3-8-18-11-12-4-9-17-10-5-12/h12H,2-11H2,1H3,(H3,14,15,16). The lowest BCUT2D eigenvalue weighted by Gasteiger charge is -2.21. The molecule has 1 heterocycles. The van der Waals surface area contributed by atoms with Crippen LogP contribution in [0.3, 0.4) is 0 Å². The molecule has 0 aromatic heterocycles. The Labute approximate surface area is 110 Å². The van der Waals surface area contributed by atoms with Gasteiger partial charge < -0.3 is 20.5 Å². The van der Waals surface area contributed by atoms with Crippen molar-refractivity contribution in [2.75, 3.05) is 39.5 Å². The van der Waals surface area contributed by atoms with Gasteiger partial charge >= 0.3 is 0 Å². The van der Waals surface area contributed by atoms with Crippen molar-refractivity contribution < 1.29 is 9.47 Å². The summed E-state index contributed by atoms with van der Waals surface area (Å²) in [4.78, 5) is 4.16. The van der Waals surface area contributed by atoms with E-state index in [1.807, 2.05) is 0 Å². The van der Waals surface area contributed by atoms with Crippen LogP contribution in [0.15, 0.2) is 4.99 Å². The van der Waals surface area contributed by atoms with Crippen LogP contribution in [0.1, 0.15) is 32.6 Å². The van der Waals surface area contributed by atoms with Crippen molar-refractivity contribution in [1.82, 2.24) is 5.32 Å². The molecule has 0 saturated carbocycles. The van der Waals surface area contributed by atoms with E-state index >= 15 is 0 Å². The third-order valence-electron chi connectivity index (χ3n) is 2.97. The van der Waals surface area contributed by atoms with Crippen LogP contribution in [-0.2, 0) is 9.47 Å². The summed E-state index contributed by atoms with van der Waals surface area (Å²) in [5.74, 6) is 1.23. The first-order valence-corrected chi connectivity index (χ1v) is 7.02. The van der Waals surface area contributed by atoms with E-state index in [2.05, 4.69) is 17.2 Å². The van der Waals surface area contributed by atoms with Crippen molar-refractivity contribution in [2.45, 2.75) is 32.6 Å². The van der Waals surface area contributed by atoms with Gasteiger partial charge in [0.25, 0.3) is 0 Å². The second-order valence-corrected chi connectivity index (χ2v) is 4.68. The van der Waals surface area contributed by atoms with Gasteiger partial charge in [-0.05, 0) is 31.6 Å². The highest BCUT2D eigenvalue weighted by atomic mass is 16.5. The molecule has 1 aliphatic heterocycles. The van der Waals surface area contributed by atoms with Crippen LogP contribution in [0.5, 0.6) is 0 Å². The monoisotopic (exact) mass is 257 g/mol. The second-order valence-electron chi connectivity index (χ2n) is 4.68. The highest BCUT2D eigenvalue weighted by Crippen LogP contribution is 2.14. The summed E-state index contributed by atoms with van der Waals surface area (Å²) < 4.78 is 11.0. The van der Waals surface area contributed by atoms with E-state index in [0.717, 1.165) is 65.2 Å². The fourth-order valence-corrected chi connectivity index (χ4v) is 1.84. The van der Waals surface area contributed by atoms with Gasteiger partial charge in [-0.25, -0.2) is 0 Å². The van der Waals surface area contributed by atoms with E-state index < -0.39 is 0 Å². The summed E-state index contributed by atoms with van der Waals surface area (Å²) >= 11 is 0. The molecule has 1 saturated heterocycles. The Morgan fingerprint density at radius 3 is 2.94 bits per heavy atom. The smallest absolute Gasteiger partial charge is 0.188 e.